The van der Waals surface area contributed by atoms with E-state index >= 15 is 0 Å². The van der Waals surface area contributed by atoms with Gasteiger partial charge < -0.3 is 5.73 Å². The molecular weight excluding hydrogens is 391 g/mol. The second kappa shape index (κ2) is 4.48. The van der Waals surface area contributed by atoms with E-state index < -0.39 is 0 Å². The topological polar surface area (TPSA) is 56.7 Å². The molecule has 0 bridgehead atoms. The summed E-state index contributed by atoms with van der Waals surface area (Å²) in [6.07, 6.45) is 0. The fourth-order valence-electron chi connectivity index (χ4n) is 1.31. The highest BCUT2D eigenvalue weighted by molar-refractivity contribution is 14.1. The number of halogens is 2. The maximum absolute atomic E-state index is 6.15. The zero-order valence-corrected chi connectivity index (χ0v) is 12.4. The van der Waals surface area contributed by atoms with Gasteiger partial charge in [-0.3, -0.25) is 0 Å². The molecule has 1 unspecified atom stereocenters. The number of nitrogens with zero attached hydrogens (tertiary/aromatic N) is 3. The van der Waals surface area contributed by atoms with E-state index in [1.807, 2.05) is 7.05 Å². The highest BCUT2D eigenvalue weighted by Gasteiger charge is 2.18. The molecule has 15 heavy (non-hydrogen) atoms. The molecule has 0 radical (unpaired) electrons. The van der Waals surface area contributed by atoms with Crippen LogP contribution in [0.25, 0.3) is 0 Å². The third kappa shape index (κ3) is 2.24. The lowest BCUT2D eigenvalue weighted by atomic mass is 10.1. The SMILES string of the molecule is Cn1nnc(Br)c1C(N)c1csc(I)c1. The summed E-state index contributed by atoms with van der Waals surface area (Å²) in [4.78, 5) is 0. The van der Waals surface area contributed by atoms with E-state index in [1.165, 1.54) is 2.88 Å². The molecule has 0 saturated heterocycles. The Morgan fingerprint density at radius 1 is 1.67 bits per heavy atom. The van der Waals surface area contributed by atoms with Crippen LogP contribution < -0.4 is 5.73 Å². The highest BCUT2D eigenvalue weighted by atomic mass is 127. The predicted octanol–water partition coefficient (Wildman–Crippen LogP) is 2.29. The number of aromatic nitrogens is 3. The molecule has 1 atom stereocenters. The first-order valence-corrected chi connectivity index (χ1v) is 6.89. The highest BCUT2D eigenvalue weighted by Crippen LogP contribution is 2.28. The molecule has 7 heteroatoms. The average molecular weight is 399 g/mol. The van der Waals surface area contributed by atoms with Gasteiger partial charge in [-0.2, -0.15) is 0 Å². The minimum atomic E-state index is -0.181. The van der Waals surface area contributed by atoms with Crippen LogP contribution in [0.4, 0.5) is 0 Å². The summed E-state index contributed by atoms with van der Waals surface area (Å²) in [6.45, 7) is 0. The lowest BCUT2D eigenvalue weighted by Gasteiger charge is -2.09. The van der Waals surface area contributed by atoms with E-state index in [0.29, 0.717) is 4.60 Å². The molecule has 0 aromatic carbocycles. The van der Waals surface area contributed by atoms with Gasteiger partial charge in [-0.05, 0) is 55.5 Å². The summed E-state index contributed by atoms with van der Waals surface area (Å²) >= 11 is 7.31. The zero-order chi connectivity index (χ0) is 11.0. The molecule has 80 valence electrons. The first-order chi connectivity index (χ1) is 7.09. The number of nitrogens with two attached hydrogens (primary N) is 1. The molecule has 2 N–H and O–H groups in total. The van der Waals surface area contributed by atoms with Gasteiger partial charge in [-0.25, -0.2) is 4.68 Å². The maximum Gasteiger partial charge on any atom is 0.153 e. The van der Waals surface area contributed by atoms with Crippen LogP contribution in [0.15, 0.2) is 16.0 Å². The molecule has 0 amide bonds. The molecule has 2 rings (SSSR count). The van der Waals surface area contributed by atoms with Crippen molar-refractivity contribution in [2.75, 3.05) is 0 Å². The van der Waals surface area contributed by atoms with Crippen molar-refractivity contribution in [1.82, 2.24) is 15.0 Å². The summed E-state index contributed by atoms with van der Waals surface area (Å²) in [7, 11) is 1.84. The van der Waals surface area contributed by atoms with Gasteiger partial charge in [0.15, 0.2) is 4.60 Å². The molecule has 0 aliphatic heterocycles. The molecule has 0 spiro atoms. The molecule has 0 fully saturated rings. The van der Waals surface area contributed by atoms with Crippen LogP contribution in [0.1, 0.15) is 17.3 Å². The number of hydrogen-bond donors (Lipinski definition) is 1. The smallest absolute Gasteiger partial charge is 0.153 e. The fourth-order valence-corrected chi connectivity index (χ4v) is 3.30. The van der Waals surface area contributed by atoms with Crippen molar-refractivity contribution in [3.8, 4) is 0 Å². The van der Waals surface area contributed by atoms with Crippen LogP contribution in [0.2, 0.25) is 0 Å². The Morgan fingerprint density at radius 2 is 2.40 bits per heavy atom. The fraction of sp³-hybridized carbons (Fsp3) is 0.250. The van der Waals surface area contributed by atoms with Gasteiger partial charge in [0.1, 0.15) is 0 Å². The summed E-state index contributed by atoms with van der Waals surface area (Å²) < 4.78 is 3.63. The Balaban J connectivity index is 2.40. The summed E-state index contributed by atoms with van der Waals surface area (Å²) in [5.74, 6) is 0. The Bertz CT molecular complexity index is 461. The third-order valence-electron chi connectivity index (χ3n) is 2.07. The van der Waals surface area contributed by atoms with Crippen LogP contribution in [0.5, 0.6) is 0 Å². The Kier molecular flexibility index (Phi) is 3.43. The Labute approximate surface area is 113 Å². The van der Waals surface area contributed by atoms with Gasteiger partial charge in [-0.15, -0.1) is 16.4 Å². The molecular formula is C8H8BrIN4S. The standard InChI is InChI=1S/C8H8BrIN4S/c1-14-7(8(9)12-13-14)6(11)4-2-5(10)15-3-4/h2-3,6H,11H2,1H3. The van der Waals surface area contributed by atoms with Crippen molar-refractivity contribution in [2.24, 2.45) is 12.8 Å². The van der Waals surface area contributed by atoms with Gasteiger partial charge in [0, 0.05) is 7.05 Å². The number of rotatable bonds is 2. The number of aryl methyl sites for hydroxylation is 1. The monoisotopic (exact) mass is 398 g/mol. The second-order valence-electron chi connectivity index (χ2n) is 3.05. The van der Waals surface area contributed by atoms with E-state index in [9.17, 15) is 0 Å². The number of thiophene rings is 1. The van der Waals surface area contributed by atoms with E-state index in [1.54, 1.807) is 16.0 Å². The largest absolute Gasteiger partial charge is 0.319 e. The lowest BCUT2D eigenvalue weighted by molar-refractivity contribution is 0.651. The average Bonchev–Trinajstić information content (AvgIpc) is 2.73. The zero-order valence-electron chi connectivity index (χ0n) is 7.82. The first kappa shape index (κ1) is 11.5. The number of hydrogen-bond acceptors (Lipinski definition) is 4. The van der Waals surface area contributed by atoms with Gasteiger partial charge in [0.2, 0.25) is 0 Å². The van der Waals surface area contributed by atoms with E-state index in [4.69, 9.17) is 5.73 Å². The van der Waals surface area contributed by atoms with Gasteiger partial charge in [-0.1, -0.05) is 5.21 Å². The quantitative estimate of drug-likeness (QED) is 0.789. The van der Waals surface area contributed by atoms with E-state index in [2.05, 4.69) is 60.3 Å². The minimum absolute atomic E-state index is 0.181. The van der Waals surface area contributed by atoms with Crippen molar-refractivity contribution in [3.05, 3.63) is 30.2 Å². The van der Waals surface area contributed by atoms with Crippen molar-refractivity contribution >= 4 is 49.9 Å². The van der Waals surface area contributed by atoms with E-state index in [-0.39, 0.29) is 6.04 Å². The van der Waals surface area contributed by atoms with Crippen molar-refractivity contribution in [1.29, 1.82) is 0 Å². The molecule has 2 aromatic rings. The normalized spacial score (nSPS) is 13.1. The van der Waals surface area contributed by atoms with Gasteiger partial charge >= 0.3 is 0 Å². The van der Waals surface area contributed by atoms with Crippen molar-refractivity contribution < 1.29 is 0 Å². The summed E-state index contributed by atoms with van der Waals surface area (Å²) in [5.41, 5.74) is 8.13. The molecule has 4 nitrogen and oxygen atoms in total. The predicted molar refractivity (Wildman–Crippen MR) is 71.8 cm³/mol. The second-order valence-corrected chi connectivity index (χ2v) is 6.61. The molecule has 0 saturated carbocycles. The van der Waals surface area contributed by atoms with Crippen molar-refractivity contribution in [2.45, 2.75) is 6.04 Å². The maximum atomic E-state index is 6.15. The molecule has 2 aromatic heterocycles. The van der Waals surface area contributed by atoms with Gasteiger partial charge in [0.05, 0.1) is 14.6 Å². The summed E-state index contributed by atoms with van der Waals surface area (Å²) in [5, 5.41) is 9.89. The molecule has 0 aliphatic carbocycles. The van der Waals surface area contributed by atoms with Crippen LogP contribution in [-0.4, -0.2) is 15.0 Å². The van der Waals surface area contributed by atoms with Crippen molar-refractivity contribution in [3.63, 3.8) is 0 Å². The van der Waals surface area contributed by atoms with Crippen LogP contribution in [-0.2, 0) is 7.05 Å². The minimum Gasteiger partial charge on any atom is -0.319 e. The van der Waals surface area contributed by atoms with Crippen LogP contribution >= 0.6 is 49.9 Å². The van der Waals surface area contributed by atoms with Crippen LogP contribution in [0.3, 0.4) is 0 Å². The third-order valence-corrected chi connectivity index (χ3v) is 4.44. The Hall–Kier alpha value is 0.01000. The first-order valence-electron chi connectivity index (χ1n) is 4.14. The van der Waals surface area contributed by atoms with Gasteiger partial charge in [0.25, 0.3) is 0 Å². The molecule has 0 aliphatic rings. The lowest BCUT2D eigenvalue weighted by Crippen LogP contribution is -2.15. The van der Waals surface area contributed by atoms with Crippen LogP contribution in [0, 0.1) is 2.88 Å². The summed E-state index contributed by atoms with van der Waals surface area (Å²) in [6, 6.07) is 1.90. The molecule has 2 heterocycles. The van der Waals surface area contributed by atoms with E-state index in [0.717, 1.165) is 11.3 Å². The Morgan fingerprint density at radius 3 is 2.87 bits per heavy atom.